The largest absolute Gasteiger partial charge is 0.494 e. The molecule has 2 aromatic rings. The summed E-state index contributed by atoms with van der Waals surface area (Å²) in [6.07, 6.45) is 0.963. The smallest absolute Gasteiger partial charge is 0.257 e. The Morgan fingerprint density at radius 1 is 1.15 bits per heavy atom. The number of ether oxygens (including phenoxy) is 1. The van der Waals surface area contributed by atoms with Gasteiger partial charge in [-0.2, -0.15) is 0 Å². The summed E-state index contributed by atoms with van der Waals surface area (Å²) in [4.78, 5) is 12.1. The molecule has 0 aromatic heterocycles. The van der Waals surface area contributed by atoms with Crippen molar-refractivity contribution >= 4 is 23.2 Å². The normalized spacial score (nSPS) is 10.1. The maximum Gasteiger partial charge on any atom is 0.257 e. The van der Waals surface area contributed by atoms with E-state index in [-0.39, 0.29) is 5.91 Å². The van der Waals surface area contributed by atoms with E-state index >= 15 is 0 Å². The van der Waals surface area contributed by atoms with Crippen molar-refractivity contribution in [3.05, 3.63) is 59.1 Å². The summed E-state index contributed by atoms with van der Waals surface area (Å²) >= 11 is 5.99. The maximum absolute atomic E-state index is 12.1. The molecule has 0 atom stereocenters. The van der Waals surface area contributed by atoms with Gasteiger partial charge in [-0.3, -0.25) is 4.79 Å². The lowest BCUT2D eigenvalue weighted by Gasteiger charge is -2.08. The first-order valence-electron chi connectivity index (χ1n) is 6.49. The third-order valence-corrected chi connectivity index (χ3v) is 3.03. The molecule has 4 heteroatoms. The fourth-order valence-electron chi connectivity index (χ4n) is 1.70. The lowest BCUT2D eigenvalue weighted by molar-refractivity contribution is 0.102. The Labute approximate surface area is 123 Å². The van der Waals surface area contributed by atoms with E-state index in [1.165, 1.54) is 0 Å². The van der Waals surface area contributed by atoms with Crippen LogP contribution in [0.25, 0.3) is 0 Å². The molecular formula is C16H16ClNO2. The quantitative estimate of drug-likeness (QED) is 0.887. The molecule has 0 radical (unpaired) electrons. The van der Waals surface area contributed by atoms with Gasteiger partial charge in [-0.25, -0.2) is 0 Å². The van der Waals surface area contributed by atoms with E-state index < -0.39 is 0 Å². The van der Waals surface area contributed by atoms with Crippen molar-refractivity contribution in [1.29, 1.82) is 0 Å². The first kappa shape index (κ1) is 14.4. The van der Waals surface area contributed by atoms with Crippen molar-refractivity contribution in [3.63, 3.8) is 0 Å². The Balaban J connectivity index is 2.03. The highest BCUT2D eigenvalue weighted by Crippen LogP contribution is 2.19. The minimum Gasteiger partial charge on any atom is -0.494 e. The van der Waals surface area contributed by atoms with Crippen molar-refractivity contribution in [3.8, 4) is 5.75 Å². The van der Waals surface area contributed by atoms with Crippen LogP contribution in [0.3, 0.4) is 0 Å². The van der Waals surface area contributed by atoms with Crippen LogP contribution in [0, 0.1) is 0 Å². The molecule has 0 aliphatic rings. The van der Waals surface area contributed by atoms with Crippen molar-refractivity contribution in [2.24, 2.45) is 0 Å². The van der Waals surface area contributed by atoms with Crippen LogP contribution in [-0.4, -0.2) is 12.5 Å². The average Bonchev–Trinajstić information content (AvgIpc) is 2.47. The van der Waals surface area contributed by atoms with Gasteiger partial charge >= 0.3 is 0 Å². The first-order chi connectivity index (χ1) is 9.70. The standard InChI is InChI=1S/C16H16ClNO2/c1-2-11-20-13-9-7-12(8-10-13)18-16(19)14-5-3-4-6-15(14)17/h3-10H,2,11H2,1H3,(H,18,19). The second kappa shape index (κ2) is 6.96. The molecule has 1 N–H and O–H groups in total. The lowest BCUT2D eigenvalue weighted by atomic mass is 10.2. The van der Waals surface area contributed by atoms with Gasteiger partial charge in [0.1, 0.15) is 5.75 Å². The second-order valence-corrected chi connectivity index (χ2v) is 4.71. The summed E-state index contributed by atoms with van der Waals surface area (Å²) in [7, 11) is 0. The highest BCUT2D eigenvalue weighted by atomic mass is 35.5. The molecular weight excluding hydrogens is 274 g/mol. The number of hydrogen-bond acceptors (Lipinski definition) is 2. The fourth-order valence-corrected chi connectivity index (χ4v) is 1.92. The minimum absolute atomic E-state index is 0.224. The molecule has 0 bridgehead atoms. The lowest BCUT2D eigenvalue weighted by Crippen LogP contribution is -2.12. The molecule has 104 valence electrons. The fraction of sp³-hybridized carbons (Fsp3) is 0.188. The molecule has 0 aliphatic heterocycles. The number of rotatable bonds is 5. The van der Waals surface area contributed by atoms with E-state index in [2.05, 4.69) is 12.2 Å². The predicted molar refractivity (Wildman–Crippen MR) is 81.6 cm³/mol. The van der Waals surface area contributed by atoms with Crippen LogP contribution >= 0.6 is 11.6 Å². The van der Waals surface area contributed by atoms with Crippen LogP contribution in [0.1, 0.15) is 23.7 Å². The average molecular weight is 290 g/mol. The van der Waals surface area contributed by atoms with Crippen LogP contribution in [0.15, 0.2) is 48.5 Å². The van der Waals surface area contributed by atoms with E-state index in [4.69, 9.17) is 16.3 Å². The molecule has 2 aromatic carbocycles. The molecule has 0 unspecified atom stereocenters. The Bertz CT molecular complexity index is 581. The summed E-state index contributed by atoms with van der Waals surface area (Å²) in [6, 6.07) is 14.2. The first-order valence-corrected chi connectivity index (χ1v) is 6.87. The van der Waals surface area contributed by atoms with Gasteiger partial charge in [-0.1, -0.05) is 30.7 Å². The molecule has 0 heterocycles. The van der Waals surface area contributed by atoms with Gasteiger partial charge in [0.15, 0.2) is 0 Å². The number of anilines is 1. The Kier molecular flexibility index (Phi) is 5.02. The molecule has 0 saturated heterocycles. The van der Waals surface area contributed by atoms with E-state index in [0.29, 0.717) is 22.9 Å². The summed E-state index contributed by atoms with van der Waals surface area (Å²) in [6.45, 7) is 2.74. The summed E-state index contributed by atoms with van der Waals surface area (Å²) in [5.41, 5.74) is 1.17. The van der Waals surface area contributed by atoms with Crippen LogP contribution in [0.5, 0.6) is 5.75 Å². The third-order valence-electron chi connectivity index (χ3n) is 2.70. The summed E-state index contributed by atoms with van der Waals surface area (Å²) in [5, 5.41) is 3.24. The predicted octanol–water partition coefficient (Wildman–Crippen LogP) is 4.38. The Hall–Kier alpha value is -2.00. The zero-order chi connectivity index (χ0) is 14.4. The van der Waals surface area contributed by atoms with Gasteiger partial charge in [0.25, 0.3) is 5.91 Å². The number of halogens is 1. The van der Waals surface area contributed by atoms with Crippen molar-refractivity contribution in [1.82, 2.24) is 0 Å². The molecule has 0 fully saturated rings. The SMILES string of the molecule is CCCOc1ccc(NC(=O)c2ccccc2Cl)cc1. The van der Waals surface area contributed by atoms with Gasteiger partial charge in [0, 0.05) is 5.69 Å². The molecule has 0 aliphatic carbocycles. The summed E-state index contributed by atoms with van der Waals surface area (Å²) < 4.78 is 5.49. The van der Waals surface area contributed by atoms with Crippen molar-refractivity contribution in [2.75, 3.05) is 11.9 Å². The molecule has 20 heavy (non-hydrogen) atoms. The van der Waals surface area contributed by atoms with E-state index in [9.17, 15) is 4.79 Å². The molecule has 3 nitrogen and oxygen atoms in total. The van der Waals surface area contributed by atoms with E-state index in [1.54, 1.807) is 36.4 Å². The second-order valence-electron chi connectivity index (χ2n) is 4.31. The Morgan fingerprint density at radius 2 is 1.85 bits per heavy atom. The maximum atomic E-state index is 12.1. The van der Waals surface area contributed by atoms with Crippen molar-refractivity contribution < 1.29 is 9.53 Å². The van der Waals surface area contributed by atoms with Gasteiger partial charge in [-0.05, 0) is 42.8 Å². The third kappa shape index (κ3) is 3.75. The van der Waals surface area contributed by atoms with Crippen molar-refractivity contribution in [2.45, 2.75) is 13.3 Å². The van der Waals surface area contributed by atoms with Gasteiger partial charge in [-0.15, -0.1) is 0 Å². The van der Waals surface area contributed by atoms with E-state index in [1.807, 2.05) is 12.1 Å². The monoisotopic (exact) mass is 289 g/mol. The number of nitrogens with one attached hydrogen (secondary N) is 1. The number of carbonyl (C=O) groups is 1. The van der Waals surface area contributed by atoms with E-state index in [0.717, 1.165) is 12.2 Å². The number of carbonyl (C=O) groups excluding carboxylic acids is 1. The van der Waals surface area contributed by atoms with Crippen LogP contribution in [-0.2, 0) is 0 Å². The minimum atomic E-state index is -0.224. The van der Waals surface area contributed by atoms with Crippen LogP contribution in [0.2, 0.25) is 5.02 Å². The molecule has 1 amide bonds. The number of hydrogen-bond donors (Lipinski definition) is 1. The molecule has 2 rings (SSSR count). The Morgan fingerprint density at radius 3 is 2.50 bits per heavy atom. The summed E-state index contributed by atoms with van der Waals surface area (Å²) in [5.74, 6) is 0.570. The van der Waals surface area contributed by atoms with Gasteiger partial charge in [0.2, 0.25) is 0 Å². The van der Waals surface area contributed by atoms with Gasteiger partial charge < -0.3 is 10.1 Å². The topological polar surface area (TPSA) is 38.3 Å². The highest BCUT2D eigenvalue weighted by molar-refractivity contribution is 6.34. The zero-order valence-electron chi connectivity index (χ0n) is 11.2. The number of benzene rings is 2. The molecule has 0 saturated carbocycles. The van der Waals surface area contributed by atoms with Crippen LogP contribution < -0.4 is 10.1 Å². The van der Waals surface area contributed by atoms with Gasteiger partial charge in [0.05, 0.1) is 17.2 Å². The highest BCUT2D eigenvalue weighted by Gasteiger charge is 2.09. The zero-order valence-corrected chi connectivity index (χ0v) is 12.0. The molecule has 0 spiro atoms. The van der Waals surface area contributed by atoms with Crippen LogP contribution in [0.4, 0.5) is 5.69 Å². The number of amides is 1.